The Balaban J connectivity index is 0.000000902. The van der Waals surface area contributed by atoms with E-state index in [-0.39, 0.29) is 45.5 Å². The summed E-state index contributed by atoms with van der Waals surface area (Å²) in [6.45, 7) is 0. The van der Waals surface area contributed by atoms with Crippen LogP contribution in [0.1, 0.15) is 0 Å². The van der Waals surface area contributed by atoms with Crippen molar-refractivity contribution >= 4 is 32.1 Å². The number of hydrogen-bond donors (Lipinski definition) is 0. The second-order valence-corrected chi connectivity index (χ2v) is 5.03. The number of rotatable bonds is 1. The third-order valence-electron chi connectivity index (χ3n) is 2.64. The van der Waals surface area contributed by atoms with E-state index in [4.69, 9.17) is 4.42 Å². The molecule has 0 fully saturated rings. The monoisotopic (exact) mass is 288 g/mol. The molecule has 0 unspecified atom stereocenters. The van der Waals surface area contributed by atoms with Crippen molar-refractivity contribution in [1.82, 2.24) is 0 Å². The predicted octanol–water partition coefficient (Wildman–Crippen LogP) is -1.33. The zero-order chi connectivity index (χ0) is 12.0. The van der Waals surface area contributed by atoms with Gasteiger partial charge in [0, 0.05) is 10.8 Å². The molecule has 19 heavy (non-hydrogen) atoms. The molecule has 2 N–H and O–H groups in total. The Morgan fingerprint density at radius 1 is 0.947 bits per heavy atom. The normalized spacial score (nSPS) is 11.0. The van der Waals surface area contributed by atoms with Gasteiger partial charge in [0.25, 0.3) is 0 Å². The first kappa shape index (κ1) is 16.2. The van der Waals surface area contributed by atoms with Gasteiger partial charge >= 0.3 is 29.6 Å². The summed E-state index contributed by atoms with van der Waals surface area (Å²) >= 11 is 0. The number of para-hydroxylation sites is 2. The van der Waals surface area contributed by atoms with Crippen LogP contribution in [-0.4, -0.2) is 18.4 Å². The quantitative estimate of drug-likeness (QED) is 0.409. The van der Waals surface area contributed by atoms with Crippen LogP contribution in [-0.2, 0) is 10.1 Å². The van der Waals surface area contributed by atoms with Crippen LogP contribution in [0.5, 0.6) is 0 Å². The summed E-state index contributed by atoms with van der Waals surface area (Å²) in [5.74, 6) is 0. The van der Waals surface area contributed by atoms with Crippen molar-refractivity contribution in [3.8, 4) is 0 Å². The van der Waals surface area contributed by atoms with E-state index in [0.717, 1.165) is 5.39 Å². The molecule has 0 aliphatic rings. The number of fused-ring (bicyclic) bond motifs is 3. The van der Waals surface area contributed by atoms with Crippen LogP contribution < -0.4 is 29.6 Å². The number of hydrogen-bond acceptors (Lipinski definition) is 4. The largest absolute Gasteiger partial charge is 1.00 e. The number of benzene rings is 2. The van der Waals surface area contributed by atoms with Crippen molar-refractivity contribution in [1.29, 1.82) is 0 Å². The van der Waals surface area contributed by atoms with Crippen molar-refractivity contribution in [2.45, 2.75) is 4.90 Å². The van der Waals surface area contributed by atoms with Crippen LogP contribution in [0.15, 0.2) is 51.8 Å². The SMILES string of the molecule is O.O=S(=O)([O-])c1cccc2c1oc1ccccc12.[Na+]. The second-order valence-electron chi connectivity index (χ2n) is 3.69. The van der Waals surface area contributed by atoms with Gasteiger partial charge in [-0.15, -0.1) is 0 Å². The zero-order valence-corrected chi connectivity index (χ0v) is 12.9. The van der Waals surface area contributed by atoms with Crippen molar-refractivity contribution in [2.24, 2.45) is 0 Å². The maximum atomic E-state index is 11.1. The van der Waals surface area contributed by atoms with Crippen LogP contribution in [0, 0.1) is 0 Å². The van der Waals surface area contributed by atoms with Crippen LogP contribution in [0.25, 0.3) is 21.9 Å². The Morgan fingerprint density at radius 2 is 1.58 bits per heavy atom. The maximum absolute atomic E-state index is 11.1. The molecule has 0 bridgehead atoms. The average Bonchev–Trinajstić information content (AvgIpc) is 2.65. The fraction of sp³-hybridized carbons (Fsp3) is 0. The van der Waals surface area contributed by atoms with Gasteiger partial charge in [0.1, 0.15) is 15.7 Å². The molecule has 1 heterocycles. The fourth-order valence-corrected chi connectivity index (χ4v) is 2.54. The molecule has 0 aliphatic carbocycles. The Hall–Kier alpha value is -0.890. The van der Waals surface area contributed by atoms with Gasteiger partial charge in [-0.25, -0.2) is 8.42 Å². The molecule has 7 heteroatoms. The fourth-order valence-electron chi connectivity index (χ4n) is 1.92. The van der Waals surface area contributed by atoms with E-state index in [2.05, 4.69) is 0 Å². The molecular weight excluding hydrogens is 279 g/mol. The van der Waals surface area contributed by atoms with E-state index < -0.39 is 10.1 Å². The minimum Gasteiger partial charge on any atom is -0.744 e. The van der Waals surface area contributed by atoms with Gasteiger partial charge in [0.2, 0.25) is 0 Å². The third kappa shape index (κ3) is 2.69. The summed E-state index contributed by atoms with van der Waals surface area (Å²) in [5, 5.41) is 1.44. The minimum atomic E-state index is -4.52. The Bertz CT molecular complexity index is 822. The summed E-state index contributed by atoms with van der Waals surface area (Å²) in [6.07, 6.45) is 0. The first-order valence-corrected chi connectivity index (χ1v) is 6.34. The van der Waals surface area contributed by atoms with E-state index >= 15 is 0 Å². The Labute approximate surface area is 131 Å². The topological polar surface area (TPSA) is 102 Å². The predicted molar refractivity (Wildman–Crippen MR) is 65.3 cm³/mol. The molecule has 0 spiro atoms. The third-order valence-corrected chi connectivity index (χ3v) is 3.50. The summed E-state index contributed by atoms with van der Waals surface area (Å²) in [5.41, 5.74) is 0.697. The van der Waals surface area contributed by atoms with E-state index in [1.54, 1.807) is 18.2 Å². The van der Waals surface area contributed by atoms with Crippen molar-refractivity contribution in [3.05, 3.63) is 42.5 Å². The Kier molecular flexibility index (Phi) is 4.78. The van der Waals surface area contributed by atoms with Crippen molar-refractivity contribution in [3.63, 3.8) is 0 Å². The molecule has 3 aromatic rings. The molecule has 3 rings (SSSR count). The van der Waals surface area contributed by atoms with Gasteiger partial charge in [0.05, 0.1) is 4.90 Å². The van der Waals surface area contributed by atoms with Crippen molar-refractivity contribution < 1.29 is 52.4 Å². The summed E-state index contributed by atoms with van der Waals surface area (Å²) in [7, 11) is -4.52. The van der Waals surface area contributed by atoms with Gasteiger partial charge in [0.15, 0.2) is 5.58 Å². The Morgan fingerprint density at radius 3 is 2.26 bits per heavy atom. The van der Waals surface area contributed by atoms with Crippen LogP contribution in [0.4, 0.5) is 0 Å². The summed E-state index contributed by atoms with van der Waals surface area (Å²) < 4.78 is 38.8. The second kappa shape index (κ2) is 5.62. The molecular formula is C12H9NaO5S. The molecule has 2 aromatic carbocycles. The van der Waals surface area contributed by atoms with E-state index in [1.165, 1.54) is 12.1 Å². The molecule has 0 atom stereocenters. The molecule has 5 nitrogen and oxygen atoms in total. The smallest absolute Gasteiger partial charge is 0.744 e. The average molecular weight is 288 g/mol. The van der Waals surface area contributed by atoms with Gasteiger partial charge < -0.3 is 14.4 Å². The van der Waals surface area contributed by atoms with E-state index in [9.17, 15) is 13.0 Å². The molecule has 94 valence electrons. The molecule has 0 aliphatic heterocycles. The summed E-state index contributed by atoms with van der Waals surface area (Å²) in [6, 6.07) is 11.7. The maximum Gasteiger partial charge on any atom is 1.00 e. The molecule has 1 aromatic heterocycles. The molecule has 0 amide bonds. The van der Waals surface area contributed by atoms with E-state index in [0.29, 0.717) is 11.0 Å². The van der Waals surface area contributed by atoms with E-state index in [1.807, 2.05) is 12.1 Å². The van der Waals surface area contributed by atoms with Gasteiger partial charge in [-0.1, -0.05) is 30.3 Å². The van der Waals surface area contributed by atoms with Crippen LogP contribution >= 0.6 is 0 Å². The molecule has 0 saturated carbocycles. The molecule has 0 radical (unpaired) electrons. The van der Waals surface area contributed by atoms with Crippen LogP contribution in [0.3, 0.4) is 0 Å². The van der Waals surface area contributed by atoms with Gasteiger partial charge in [-0.05, 0) is 12.1 Å². The first-order valence-electron chi connectivity index (χ1n) is 4.93. The van der Waals surface area contributed by atoms with Crippen molar-refractivity contribution in [2.75, 3.05) is 0 Å². The number of furan rings is 1. The first-order chi connectivity index (χ1) is 8.07. The van der Waals surface area contributed by atoms with Crippen LogP contribution in [0.2, 0.25) is 0 Å². The minimum absolute atomic E-state index is 0. The van der Waals surface area contributed by atoms with Gasteiger partial charge in [-0.2, -0.15) is 0 Å². The molecule has 0 saturated heterocycles. The standard InChI is InChI=1S/C12H8O4S.Na.H2O/c13-17(14,15)11-7-3-5-9-8-4-1-2-6-10(8)16-12(9)11;;/h1-7H,(H,13,14,15);;1H2/q;+1;/p-1. The van der Waals surface area contributed by atoms with Gasteiger partial charge in [-0.3, -0.25) is 0 Å². The zero-order valence-electron chi connectivity index (χ0n) is 10.1. The summed E-state index contributed by atoms with van der Waals surface area (Å²) in [4.78, 5) is -0.314.